The van der Waals surface area contributed by atoms with Gasteiger partial charge in [0.1, 0.15) is 0 Å². The van der Waals surface area contributed by atoms with Gasteiger partial charge in [-0.05, 0) is 30.1 Å². The first-order valence-electron chi connectivity index (χ1n) is 6.54. The molecule has 0 bridgehead atoms. The van der Waals surface area contributed by atoms with Crippen LogP contribution in [0.2, 0.25) is 0 Å². The normalized spacial score (nSPS) is 23.3. The third kappa shape index (κ3) is 1.86. The van der Waals surface area contributed by atoms with Gasteiger partial charge in [-0.25, -0.2) is 9.59 Å². The minimum atomic E-state index is -1.19. The Hall–Kier alpha value is -2.30. The Morgan fingerprint density at radius 2 is 1.80 bits per heavy atom. The average molecular weight is 273 g/mol. The van der Waals surface area contributed by atoms with E-state index < -0.39 is 18.1 Å². The highest BCUT2D eigenvalue weighted by Gasteiger charge is 2.51. The van der Waals surface area contributed by atoms with Crippen LogP contribution in [-0.4, -0.2) is 39.8 Å². The van der Waals surface area contributed by atoms with Crippen LogP contribution < -0.4 is 0 Å². The molecule has 0 saturated heterocycles. The smallest absolute Gasteiger partial charge is 0.408 e. The summed E-state index contributed by atoms with van der Waals surface area (Å²) in [6.07, 6.45) is 2.31. The Bertz CT molecular complexity index is 589. The summed E-state index contributed by atoms with van der Waals surface area (Å²) >= 11 is 0. The molecular formula is C15H15NO4. The molecule has 1 aromatic carbocycles. The molecule has 1 aliphatic heterocycles. The van der Waals surface area contributed by atoms with E-state index in [9.17, 15) is 9.59 Å². The second-order valence-electron chi connectivity index (χ2n) is 5.33. The SMILES string of the molecule is O=C(O)[C@H]1C=C(C2(c3ccccc3)CC2)CN1C(=O)O. The van der Waals surface area contributed by atoms with Crippen LogP contribution in [0.25, 0.3) is 0 Å². The highest BCUT2D eigenvalue weighted by Crippen LogP contribution is 2.55. The number of nitrogens with zero attached hydrogens (tertiary/aromatic N) is 1. The molecule has 0 radical (unpaired) electrons. The summed E-state index contributed by atoms with van der Waals surface area (Å²) in [4.78, 5) is 23.4. The van der Waals surface area contributed by atoms with Crippen molar-refractivity contribution in [3.8, 4) is 0 Å². The average Bonchev–Trinajstić information content (AvgIpc) is 3.11. The van der Waals surface area contributed by atoms with Gasteiger partial charge in [0.05, 0.1) is 0 Å². The molecule has 104 valence electrons. The molecule has 1 aliphatic carbocycles. The Kier molecular flexibility index (Phi) is 2.78. The van der Waals surface area contributed by atoms with E-state index in [2.05, 4.69) is 0 Å². The molecule has 3 rings (SSSR count). The van der Waals surface area contributed by atoms with Crippen molar-refractivity contribution in [1.29, 1.82) is 0 Å². The number of rotatable bonds is 3. The van der Waals surface area contributed by atoms with Crippen LogP contribution in [0.1, 0.15) is 18.4 Å². The number of aliphatic carboxylic acids is 1. The fourth-order valence-electron chi connectivity index (χ4n) is 2.99. The van der Waals surface area contributed by atoms with E-state index >= 15 is 0 Å². The van der Waals surface area contributed by atoms with Gasteiger partial charge in [-0.3, -0.25) is 4.90 Å². The van der Waals surface area contributed by atoms with Crippen LogP contribution >= 0.6 is 0 Å². The lowest BCUT2D eigenvalue weighted by atomic mass is 9.88. The molecule has 1 amide bonds. The topological polar surface area (TPSA) is 77.8 Å². The van der Waals surface area contributed by atoms with Crippen molar-refractivity contribution in [2.45, 2.75) is 24.3 Å². The van der Waals surface area contributed by atoms with Crippen molar-refractivity contribution in [2.75, 3.05) is 6.54 Å². The first-order valence-corrected chi connectivity index (χ1v) is 6.54. The first kappa shape index (κ1) is 12.7. The van der Waals surface area contributed by atoms with Crippen LogP contribution in [-0.2, 0) is 10.2 Å². The standard InChI is InChI=1S/C15H15NO4/c17-13(18)12-8-11(9-16(12)14(19)20)15(6-7-15)10-4-2-1-3-5-10/h1-5,8,12H,6-7,9H2,(H,17,18)(H,19,20)/t12-/m1/s1. The molecule has 0 unspecified atom stereocenters. The minimum absolute atomic E-state index is 0.154. The van der Waals surface area contributed by atoms with E-state index in [0.717, 1.165) is 28.9 Å². The van der Waals surface area contributed by atoms with Gasteiger partial charge >= 0.3 is 12.1 Å². The van der Waals surface area contributed by atoms with E-state index in [1.807, 2.05) is 30.3 Å². The summed E-state index contributed by atoms with van der Waals surface area (Å²) in [5, 5.41) is 18.3. The van der Waals surface area contributed by atoms with Gasteiger partial charge in [-0.15, -0.1) is 0 Å². The molecule has 5 heteroatoms. The lowest BCUT2D eigenvalue weighted by Gasteiger charge is -2.20. The van der Waals surface area contributed by atoms with Gasteiger partial charge in [0.25, 0.3) is 0 Å². The maximum absolute atomic E-state index is 11.2. The van der Waals surface area contributed by atoms with Gasteiger partial charge in [0.15, 0.2) is 6.04 Å². The third-order valence-electron chi connectivity index (χ3n) is 4.23. The lowest BCUT2D eigenvalue weighted by Crippen LogP contribution is -2.40. The van der Waals surface area contributed by atoms with Crippen LogP contribution in [0.15, 0.2) is 42.0 Å². The Labute approximate surface area is 116 Å². The van der Waals surface area contributed by atoms with Crippen LogP contribution in [0.4, 0.5) is 4.79 Å². The monoisotopic (exact) mass is 273 g/mol. The van der Waals surface area contributed by atoms with Gasteiger partial charge < -0.3 is 10.2 Å². The number of hydrogen-bond acceptors (Lipinski definition) is 2. The molecular weight excluding hydrogens is 258 g/mol. The maximum atomic E-state index is 11.2. The van der Waals surface area contributed by atoms with Crippen molar-refractivity contribution in [3.63, 3.8) is 0 Å². The molecule has 1 aromatic rings. The highest BCUT2D eigenvalue weighted by atomic mass is 16.4. The van der Waals surface area contributed by atoms with E-state index in [4.69, 9.17) is 10.2 Å². The summed E-state index contributed by atoms with van der Waals surface area (Å²) in [5.74, 6) is -1.12. The largest absolute Gasteiger partial charge is 0.479 e. The van der Waals surface area contributed by atoms with E-state index in [-0.39, 0.29) is 12.0 Å². The number of benzene rings is 1. The molecule has 1 heterocycles. The van der Waals surface area contributed by atoms with Crippen LogP contribution in [0.3, 0.4) is 0 Å². The van der Waals surface area contributed by atoms with Crippen molar-refractivity contribution in [2.24, 2.45) is 0 Å². The predicted molar refractivity (Wildman–Crippen MR) is 71.6 cm³/mol. The summed E-state index contributed by atoms with van der Waals surface area (Å²) < 4.78 is 0. The zero-order valence-corrected chi connectivity index (χ0v) is 10.8. The van der Waals surface area contributed by atoms with Crippen LogP contribution in [0.5, 0.6) is 0 Å². The number of amides is 1. The molecule has 2 N–H and O–H groups in total. The predicted octanol–water partition coefficient (Wildman–Crippen LogP) is 2.09. The fourth-order valence-corrected chi connectivity index (χ4v) is 2.99. The Balaban J connectivity index is 1.94. The number of carboxylic acid groups (broad SMARTS) is 2. The minimum Gasteiger partial charge on any atom is -0.479 e. The summed E-state index contributed by atoms with van der Waals surface area (Å²) in [6.45, 7) is 0.182. The number of carbonyl (C=O) groups is 2. The fraction of sp³-hybridized carbons (Fsp3) is 0.333. The van der Waals surface area contributed by atoms with Crippen molar-refractivity contribution < 1.29 is 19.8 Å². The second kappa shape index (κ2) is 4.37. The number of hydrogen-bond donors (Lipinski definition) is 2. The second-order valence-corrected chi connectivity index (χ2v) is 5.33. The molecule has 0 spiro atoms. The van der Waals surface area contributed by atoms with Gasteiger partial charge in [0.2, 0.25) is 0 Å². The molecule has 1 atom stereocenters. The molecule has 5 nitrogen and oxygen atoms in total. The Morgan fingerprint density at radius 1 is 1.15 bits per heavy atom. The first-order chi connectivity index (χ1) is 9.54. The van der Waals surface area contributed by atoms with E-state index in [1.165, 1.54) is 0 Å². The molecule has 1 fully saturated rings. The highest BCUT2D eigenvalue weighted by molar-refractivity contribution is 5.83. The van der Waals surface area contributed by atoms with Crippen molar-refractivity contribution in [3.05, 3.63) is 47.5 Å². The maximum Gasteiger partial charge on any atom is 0.408 e. The van der Waals surface area contributed by atoms with Crippen molar-refractivity contribution in [1.82, 2.24) is 4.90 Å². The van der Waals surface area contributed by atoms with Gasteiger partial charge in [-0.2, -0.15) is 0 Å². The van der Waals surface area contributed by atoms with Crippen molar-refractivity contribution >= 4 is 12.1 Å². The van der Waals surface area contributed by atoms with E-state index in [1.54, 1.807) is 6.08 Å². The van der Waals surface area contributed by atoms with Crippen LogP contribution in [0, 0.1) is 0 Å². The summed E-state index contributed by atoms with van der Waals surface area (Å²) in [5.41, 5.74) is 1.90. The Morgan fingerprint density at radius 3 is 2.25 bits per heavy atom. The summed E-state index contributed by atoms with van der Waals surface area (Å²) in [6, 6.07) is 8.82. The molecule has 2 aliphatic rings. The number of carboxylic acids is 1. The summed E-state index contributed by atoms with van der Waals surface area (Å²) in [7, 11) is 0. The molecule has 20 heavy (non-hydrogen) atoms. The lowest BCUT2D eigenvalue weighted by molar-refractivity contribution is -0.140. The van der Waals surface area contributed by atoms with Gasteiger partial charge in [0, 0.05) is 12.0 Å². The zero-order valence-electron chi connectivity index (χ0n) is 10.8. The zero-order chi connectivity index (χ0) is 14.3. The third-order valence-corrected chi connectivity index (χ3v) is 4.23. The quantitative estimate of drug-likeness (QED) is 0.827. The molecule has 1 saturated carbocycles. The molecule has 0 aromatic heterocycles. The van der Waals surface area contributed by atoms with E-state index in [0.29, 0.717) is 0 Å². The van der Waals surface area contributed by atoms with Gasteiger partial charge in [-0.1, -0.05) is 30.3 Å².